The average Bonchev–Trinajstić information content (AvgIpc) is 3.07. The van der Waals surface area contributed by atoms with Gasteiger partial charge in [-0.2, -0.15) is 18.2 Å². The molecule has 0 bridgehead atoms. The highest BCUT2D eigenvalue weighted by atomic mass is 35.5. The number of ether oxygens (including phenoxy) is 2. The van der Waals surface area contributed by atoms with Gasteiger partial charge in [-0.15, -0.1) is 0 Å². The molecular weight excluding hydrogens is 687 g/mol. The van der Waals surface area contributed by atoms with Crippen LogP contribution in [0.4, 0.5) is 36.3 Å². The van der Waals surface area contributed by atoms with Crippen LogP contribution in [0.2, 0.25) is 5.02 Å². The molecule has 2 aromatic carbocycles. The predicted molar refractivity (Wildman–Crippen MR) is 181 cm³/mol. The van der Waals surface area contributed by atoms with Crippen LogP contribution in [0.5, 0.6) is 5.75 Å². The van der Waals surface area contributed by atoms with E-state index < -0.39 is 27.6 Å². The van der Waals surface area contributed by atoms with E-state index in [0.717, 1.165) is 62.5 Å². The third-order valence-electron chi connectivity index (χ3n) is 8.73. The summed E-state index contributed by atoms with van der Waals surface area (Å²) in [6.07, 6.45) is 0.604. The topological polar surface area (TPSA) is 138 Å². The van der Waals surface area contributed by atoms with Crippen LogP contribution < -0.4 is 25.0 Å². The molecule has 3 N–H and O–H groups in total. The lowest BCUT2D eigenvalue weighted by atomic mass is 9.89. The van der Waals surface area contributed by atoms with E-state index in [4.69, 9.17) is 21.1 Å². The van der Waals surface area contributed by atoms with Crippen LogP contribution in [0.3, 0.4) is 0 Å². The van der Waals surface area contributed by atoms with Crippen LogP contribution in [0.25, 0.3) is 0 Å². The molecule has 0 spiro atoms. The fraction of sp³-hybridized carbons (Fsp3) is 0.469. The van der Waals surface area contributed by atoms with Gasteiger partial charge < -0.3 is 25.4 Å². The van der Waals surface area contributed by atoms with E-state index in [2.05, 4.69) is 30.8 Å². The molecule has 1 saturated heterocycles. The molecule has 12 nitrogen and oxygen atoms in total. The SMILES string of the molecule is COc1cc(C(=O)NC2CCC(N3CCOCC3)CC2)ccc1Nc1ncc(C(F)(F)F)c(NCc2ccc(Cl)cc2N(C)S(C)(=O)=O)n1. The highest BCUT2D eigenvalue weighted by Gasteiger charge is 2.35. The van der Waals surface area contributed by atoms with Gasteiger partial charge >= 0.3 is 6.18 Å². The van der Waals surface area contributed by atoms with Crippen LogP contribution >= 0.6 is 11.6 Å². The van der Waals surface area contributed by atoms with Gasteiger partial charge in [-0.05, 0) is 61.6 Å². The Balaban J connectivity index is 1.28. The maximum Gasteiger partial charge on any atom is 0.421 e. The van der Waals surface area contributed by atoms with E-state index in [9.17, 15) is 26.4 Å². The van der Waals surface area contributed by atoms with Gasteiger partial charge in [-0.1, -0.05) is 17.7 Å². The van der Waals surface area contributed by atoms with E-state index in [1.165, 1.54) is 32.4 Å². The summed E-state index contributed by atoms with van der Waals surface area (Å²) >= 11 is 6.08. The van der Waals surface area contributed by atoms with Crippen LogP contribution in [-0.4, -0.2) is 88.0 Å². The van der Waals surface area contributed by atoms with Gasteiger partial charge in [0.2, 0.25) is 16.0 Å². The van der Waals surface area contributed by atoms with Gasteiger partial charge in [-0.3, -0.25) is 14.0 Å². The number of morpholine rings is 1. The summed E-state index contributed by atoms with van der Waals surface area (Å²) in [6.45, 7) is 3.17. The van der Waals surface area contributed by atoms with Gasteiger partial charge in [0.05, 0.1) is 38.0 Å². The molecule has 1 amide bonds. The Kier molecular flexibility index (Phi) is 11.4. The Morgan fingerprint density at radius 2 is 1.84 bits per heavy atom. The molecule has 1 saturated carbocycles. The van der Waals surface area contributed by atoms with Crippen molar-refractivity contribution in [2.24, 2.45) is 0 Å². The summed E-state index contributed by atoms with van der Waals surface area (Å²) in [7, 11) is -0.963. The molecule has 266 valence electrons. The molecule has 5 rings (SSSR count). The lowest BCUT2D eigenvalue weighted by molar-refractivity contribution is -0.137. The smallest absolute Gasteiger partial charge is 0.421 e. The molecule has 49 heavy (non-hydrogen) atoms. The van der Waals surface area contributed by atoms with E-state index >= 15 is 0 Å². The fourth-order valence-corrected chi connectivity index (χ4v) is 6.67. The third-order valence-corrected chi connectivity index (χ3v) is 10.2. The normalized spacial score (nSPS) is 18.8. The van der Waals surface area contributed by atoms with Crippen molar-refractivity contribution >= 4 is 50.7 Å². The van der Waals surface area contributed by atoms with Gasteiger partial charge in [0.15, 0.2) is 0 Å². The van der Waals surface area contributed by atoms with Crippen LogP contribution in [-0.2, 0) is 27.5 Å². The first-order chi connectivity index (χ1) is 23.2. The lowest BCUT2D eigenvalue weighted by Crippen LogP contribution is -2.47. The Morgan fingerprint density at radius 1 is 1.12 bits per heavy atom. The minimum atomic E-state index is -4.79. The molecule has 17 heteroatoms. The quantitative estimate of drug-likeness (QED) is 0.239. The van der Waals surface area contributed by atoms with Crippen LogP contribution in [0.1, 0.15) is 47.2 Å². The number of hydrogen-bond donors (Lipinski definition) is 3. The van der Waals surface area contributed by atoms with E-state index in [1.807, 2.05) is 0 Å². The molecule has 1 aliphatic heterocycles. The lowest BCUT2D eigenvalue weighted by Gasteiger charge is -2.38. The second-order valence-corrected chi connectivity index (χ2v) is 14.4. The number of sulfonamides is 1. The van der Waals surface area contributed by atoms with Crippen LogP contribution in [0.15, 0.2) is 42.6 Å². The van der Waals surface area contributed by atoms with E-state index in [1.54, 1.807) is 18.2 Å². The molecular formula is C32H39ClF3N7O5S. The number of nitrogens with zero attached hydrogens (tertiary/aromatic N) is 4. The first-order valence-corrected chi connectivity index (χ1v) is 17.9. The number of aromatic nitrogens is 2. The number of methoxy groups -OCH3 is 1. The van der Waals surface area contributed by atoms with Crippen molar-refractivity contribution < 1.29 is 35.9 Å². The fourth-order valence-electron chi connectivity index (χ4n) is 5.97. The third kappa shape index (κ3) is 9.23. The zero-order chi connectivity index (χ0) is 35.3. The first kappa shape index (κ1) is 36.4. The van der Waals surface area contributed by atoms with Crippen molar-refractivity contribution in [3.63, 3.8) is 0 Å². The van der Waals surface area contributed by atoms with Crippen molar-refractivity contribution in [2.75, 3.05) is 61.7 Å². The molecule has 3 aromatic rings. The van der Waals surface area contributed by atoms with Gasteiger partial charge in [-0.25, -0.2) is 13.4 Å². The highest BCUT2D eigenvalue weighted by Crippen LogP contribution is 2.36. The number of anilines is 4. The molecule has 0 unspecified atom stereocenters. The number of halogens is 4. The van der Waals surface area contributed by atoms with E-state index in [0.29, 0.717) is 29.1 Å². The number of rotatable bonds is 11. The molecule has 2 heterocycles. The standard InChI is InChI=1S/C32H39ClF3N7O5S/c1-42(49(3,45)46)27-17-22(33)6-4-21(27)18-37-29-25(32(34,35)36)19-38-31(41-29)40-26-11-5-20(16-28(26)47-2)30(44)39-23-7-9-24(10-8-23)43-12-14-48-15-13-43/h4-6,11,16-17,19,23-24H,7-10,12-15,18H2,1-3H3,(H,39,44)(H2,37,38,40,41). The zero-order valence-electron chi connectivity index (χ0n) is 27.3. The Labute approximate surface area is 288 Å². The van der Waals surface area contributed by atoms with Crippen LogP contribution in [0, 0.1) is 0 Å². The molecule has 1 aliphatic carbocycles. The second kappa shape index (κ2) is 15.4. The summed E-state index contributed by atoms with van der Waals surface area (Å²) in [4.78, 5) is 23.6. The zero-order valence-corrected chi connectivity index (χ0v) is 28.9. The first-order valence-electron chi connectivity index (χ1n) is 15.7. The number of hydrogen-bond acceptors (Lipinski definition) is 10. The van der Waals surface area contributed by atoms with Crippen molar-refractivity contribution in [1.29, 1.82) is 0 Å². The maximum atomic E-state index is 14.0. The Morgan fingerprint density at radius 3 is 2.49 bits per heavy atom. The van der Waals surface area contributed by atoms with Gasteiger partial charge in [0, 0.05) is 55.5 Å². The number of carbonyl (C=O) groups is 1. The van der Waals surface area contributed by atoms with Crippen molar-refractivity contribution in [3.8, 4) is 5.75 Å². The monoisotopic (exact) mass is 725 g/mol. The summed E-state index contributed by atoms with van der Waals surface area (Å²) in [6, 6.07) is 9.67. The minimum absolute atomic E-state index is 0.0516. The van der Waals surface area contributed by atoms with Crippen molar-refractivity contribution in [3.05, 3.63) is 64.3 Å². The molecule has 0 radical (unpaired) electrons. The number of benzene rings is 2. The molecule has 2 fully saturated rings. The predicted octanol–water partition coefficient (Wildman–Crippen LogP) is 5.28. The largest absolute Gasteiger partial charge is 0.495 e. The molecule has 2 aliphatic rings. The second-order valence-electron chi connectivity index (χ2n) is 12.0. The molecule has 0 atom stereocenters. The summed E-state index contributed by atoms with van der Waals surface area (Å²) in [5.74, 6) is -0.699. The highest BCUT2D eigenvalue weighted by molar-refractivity contribution is 7.92. The maximum absolute atomic E-state index is 14.0. The van der Waals surface area contributed by atoms with Gasteiger partial charge in [0.1, 0.15) is 17.1 Å². The molecule has 1 aromatic heterocycles. The van der Waals surface area contributed by atoms with Crippen molar-refractivity contribution in [1.82, 2.24) is 20.2 Å². The number of alkyl halides is 3. The number of carbonyl (C=O) groups excluding carboxylic acids is 1. The van der Waals surface area contributed by atoms with Gasteiger partial charge in [0.25, 0.3) is 5.91 Å². The Hall–Kier alpha value is -3.86. The number of nitrogens with one attached hydrogen (secondary N) is 3. The summed E-state index contributed by atoms with van der Waals surface area (Å²) in [5, 5.41) is 8.92. The summed E-state index contributed by atoms with van der Waals surface area (Å²) in [5.41, 5.74) is 0.122. The number of amides is 1. The average molecular weight is 726 g/mol. The Bertz CT molecular complexity index is 1750. The van der Waals surface area contributed by atoms with E-state index in [-0.39, 0.29) is 40.9 Å². The summed E-state index contributed by atoms with van der Waals surface area (Å²) < 4.78 is 78.2. The van der Waals surface area contributed by atoms with Crippen molar-refractivity contribution in [2.45, 2.75) is 50.5 Å². The minimum Gasteiger partial charge on any atom is -0.495 e.